The molecule has 2 aromatic rings. The van der Waals surface area contributed by atoms with Gasteiger partial charge in [0.15, 0.2) is 17.2 Å². The number of ketones is 1. The van der Waals surface area contributed by atoms with Gasteiger partial charge in [0.25, 0.3) is 0 Å². The van der Waals surface area contributed by atoms with Crippen LogP contribution in [0.25, 0.3) is 0 Å². The Hall–Kier alpha value is -3.19. The lowest BCUT2D eigenvalue weighted by molar-refractivity contribution is 0.0968. The van der Waals surface area contributed by atoms with Gasteiger partial charge in [0, 0.05) is 0 Å². The summed E-state index contributed by atoms with van der Waals surface area (Å²) >= 11 is 0. The Morgan fingerprint density at radius 2 is 2.19 bits per heavy atom. The van der Waals surface area contributed by atoms with Crippen molar-refractivity contribution in [2.75, 3.05) is 7.11 Å². The molecule has 1 aromatic carbocycles. The standard InChI is InChI=1S/C14H9FN4O2/c1-21-14-3-2-9(15)4-10(14)13(20)7-19-8-18-11(5-16)12(19)6-17/h2-4,8H,7H2,1H3. The number of aromatic nitrogens is 2. The van der Waals surface area contributed by atoms with Gasteiger partial charge in [-0.1, -0.05) is 0 Å². The summed E-state index contributed by atoms with van der Waals surface area (Å²) < 4.78 is 19.5. The molecule has 0 aliphatic rings. The van der Waals surface area contributed by atoms with E-state index in [1.165, 1.54) is 30.1 Å². The maximum atomic E-state index is 13.3. The zero-order chi connectivity index (χ0) is 15.4. The van der Waals surface area contributed by atoms with Crippen LogP contribution in [0.4, 0.5) is 4.39 Å². The molecule has 6 nitrogen and oxygen atoms in total. The summed E-state index contributed by atoms with van der Waals surface area (Å²) in [6, 6.07) is 7.17. The average molecular weight is 284 g/mol. The number of carbonyl (C=O) groups is 1. The third-order valence-electron chi connectivity index (χ3n) is 2.83. The normalized spacial score (nSPS) is 9.71. The van der Waals surface area contributed by atoms with Gasteiger partial charge >= 0.3 is 0 Å². The molecule has 0 N–H and O–H groups in total. The monoisotopic (exact) mass is 284 g/mol. The van der Waals surface area contributed by atoms with Crippen LogP contribution >= 0.6 is 0 Å². The summed E-state index contributed by atoms with van der Waals surface area (Å²) in [4.78, 5) is 16.0. The molecule has 7 heteroatoms. The van der Waals surface area contributed by atoms with Crippen LogP contribution in [0.5, 0.6) is 5.75 Å². The summed E-state index contributed by atoms with van der Waals surface area (Å²) in [6.45, 7) is -0.239. The van der Waals surface area contributed by atoms with Crippen LogP contribution in [0.1, 0.15) is 21.7 Å². The molecule has 0 unspecified atom stereocenters. The Morgan fingerprint density at radius 1 is 1.43 bits per heavy atom. The van der Waals surface area contributed by atoms with E-state index in [1.807, 2.05) is 6.07 Å². The summed E-state index contributed by atoms with van der Waals surface area (Å²) in [5.41, 5.74) is -0.00803. The molecule has 0 aliphatic heterocycles. The topological polar surface area (TPSA) is 91.7 Å². The molecule has 1 heterocycles. The SMILES string of the molecule is COc1ccc(F)cc1C(=O)Cn1cnc(C#N)c1C#N. The van der Waals surface area contributed by atoms with E-state index >= 15 is 0 Å². The lowest BCUT2D eigenvalue weighted by Gasteiger charge is -2.08. The second kappa shape index (κ2) is 5.85. The number of nitriles is 2. The van der Waals surface area contributed by atoms with Crippen molar-refractivity contribution in [3.63, 3.8) is 0 Å². The van der Waals surface area contributed by atoms with Crippen LogP contribution in [-0.2, 0) is 6.54 Å². The Kier molecular flexibility index (Phi) is 3.96. The number of ether oxygens (including phenoxy) is 1. The van der Waals surface area contributed by atoms with E-state index < -0.39 is 11.6 Å². The summed E-state index contributed by atoms with van der Waals surface area (Å²) in [7, 11) is 1.37. The Labute approximate surface area is 119 Å². The molecule has 0 amide bonds. The highest BCUT2D eigenvalue weighted by Crippen LogP contribution is 2.20. The molecular weight excluding hydrogens is 275 g/mol. The minimum atomic E-state index is -0.567. The van der Waals surface area contributed by atoms with Gasteiger partial charge in [-0.25, -0.2) is 9.37 Å². The Bertz CT molecular complexity index is 783. The fourth-order valence-corrected chi connectivity index (χ4v) is 1.84. The van der Waals surface area contributed by atoms with E-state index in [4.69, 9.17) is 15.3 Å². The first kappa shape index (κ1) is 14.2. The first-order valence-electron chi connectivity index (χ1n) is 5.82. The third kappa shape index (κ3) is 2.72. The van der Waals surface area contributed by atoms with Gasteiger partial charge in [-0.05, 0) is 18.2 Å². The molecule has 0 atom stereocenters. The second-order valence-electron chi connectivity index (χ2n) is 4.06. The van der Waals surface area contributed by atoms with Crippen LogP contribution < -0.4 is 4.74 Å². The molecule has 0 bridgehead atoms. The van der Waals surface area contributed by atoms with Gasteiger partial charge in [-0.2, -0.15) is 10.5 Å². The summed E-state index contributed by atoms with van der Waals surface area (Å²) in [5, 5.41) is 17.8. The average Bonchev–Trinajstić information content (AvgIpc) is 2.88. The van der Waals surface area contributed by atoms with Crippen molar-refractivity contribution < 1.29 is 13.9 Å². The van der Waals surface area contributed by atoms with Crippen LogP contribution in [-0.4, -0.2) is 22.4 Å². The highest BCUT2D eigenvalue weighted by atomic mass is 19.1. The number of carbonyl (C=O) groups excluding carboxylic acids is 1. The van der Waals surface area contributed by atoms with Crippen LogP contribution in [0, 0.1) is 28.5 Å². The summed E-state index contributed by atoms with van der Waals surface area (Å²) in [6.07, 6.45) is 1.22. The van der Waals surface area contributed by atoms with Crippen molar-refractivity contribution in [1.82, 2.24) is 9.55 Å². The van der Waals surface area contributed by atoms with E-state index in [9.17, 15) is 9.18 Å². The Morgan fingerprint density at radius 3 is 2.81 bits per heavy atom. The molecule has 2 rings (SSSR count). The van der Waals surface area contributed by atoms with E-state index in [0.717, 1.165) is 6.07 Å². The number of halogens is 1. The number of methoxy groups -OCH3 is 1. The quantitative estimate of drug-likeness (QED) is 0.796. The molecule has 0 saturated carbocycles. The number of Topliss-reactive ketones (excluding diaryl/α,β-unsaturated/α-hetero) is 1. The predicted octanol–water partition coefficient (Wildman–Crippen LogP) is 1.66. The number of hydrogen-bond donors (Lipinski definition) is 0. The third-order valence-corrected chi connectivity index (χ3v) is 2.83. The maximum Gasteiger partial charge on any atom is 0.186 e. The molecule has 1 aromatic heterocycles. The maximum absolute atomic E-state index is 13.3. The van der Waals surface area contributed by atoms with Crippen LogP contribution in [0.3, 0.4) is 0 Å². The van der Waals surface area contributed by atoms with Gasteiger partial charge in [0.05, 0.1) is 25.5 Å². The highest BCUT2D eigenvalue weighted by molar-refractivity contribution is 5.98. The lowest BCUT2D eigenvalue weighted by Crippen LogP contribution is -2.12. The zero-order valence-corrected chi connectivity index (χ0v) is 11.0. The van der Waals surface area contributed by atoms with Crippen LogP contribution in [0.15, 0.2) is 24.5 Å². The second-order valence-corrected chi connectivity index (χ2v) is 4.06. The van der Waals surface area contributed by atoms with E-state index in [1.54, 1.807) is 6.07 Å². The number of benzene rings is 1. The smallest absolute Gasteiger partial charge is 0.186 e. The van der Waals surface area contributed by atoms with Crippen molar-refractivity contribution in [1.29, 1.82) is 10.5 Å². The van der Waals surface area contributed by atoms with Gasteiger partial charge in [-0.3, -0.25) is 4.79 Å². The van der Waals surface area contributed by atoms with Gasteiger partial charge < -0.3 is 9.30 Å². The number of rotatable bonds is 4. The molecular formula is C14H9FN4O2. The molecule has 0 spiro atoms. The molecule has 0 radical (unpaired) electrons. The predicted molar refractivity (Wildman–Crippen MR) is 68.9 cm³/mol. The van der Waals surface area contributed by atoms with Crippen LogP contribution in [0.2, 0.25) is 0 Å². The number of imidazole rings is 1. The Balaban J connectivity index is 2.36. The molecule has 21 heavy (non-hydrogen) atoms. The minimum absolute atomic E-state index is 0.0128. The fraction of sp³-hybridized carbons (Fsp3) is 0.143. The van der Waals surface area contributed by atoms with E-state index in [-0.39, 0.29) is 29.2 Å². The summed E-state index contributed by atoms with van der Waals surface area (Å²) in [5.74, 6) is -0.784. The highest BCUT2D eigenvalue weighted by Gasteiger charge is 2.17. The van der Waals surface area contributed by atoms with Crippen molar-refractivity contribution in [2.45, 2.75) is 6.54 Å². The fourth-order valence-electron chi connectivity index (χ4n) is 1.84. The lowest BCUT2D eigenvalue weighted by atomic mass is 10.1. The number of hydrogen-bond acceptors (Lipinski definition) is 5. The van der Waals surface area contributed by atoms with Gasteiger partial charge in [0.2, 0.25) is 0 Å². The van der Waals surface area contributed by atoms with Crippen molar-refractivity contribution in [3.8, 4) is 17.9 Å². The van der Waals surface area contributed by atoms with Gasteiger partial charge in [0.1, 0.15) is 23.7 Å². The zero-order valence-electron chi connectivity index (χ0n) is 11.0. The van der Waals surface area contributed by atoms with Crippen molar-refractivity contribution in [2.24, 2.45) is 0 Å². The van der Waals surface area contributed by atoms with Gasteiger partial charge in [-0.15, -0.1) is 0 Å². The van der Waals surface area contributed by atoms with E-state index in [2.05, 4.69) is 4.98 Å². The van der Waals surface area contributed by atoms with Crippen molar-refractivity contribution >= 4 is 5.78 Å². The van der Waals surface area contributed by atoms with Crippen molar-refractivity contribution in [3.05, 3.63) is 47.3 Å². The molecule has 0 saturated heterocycles. The number of nitrogens with zero attached hydrogens (tertiary/aromatic N) is 4. The molecule has 104 valence electrons. The molecule has 0 aliphatic carbocycles. The first-order valence-corrected chi connectivity index (χ1v) is 5.82. The first-order chi connectivity index (χ1) is 10.1. The minimum Gasteiger partial charge on any atom is -0.496 e. The largest absolute Gasteiger partial charge is 0.496 e. The molecule has 0 fully saturated rings. The van der Waals surface area contributed by atoms with E-state index in [0.29, 0.717) is 0 Å².